The monoisotopic (exact) mass is 280 g/mol. The Morgan fingerprint density at radius 3 is 2.50 bits per heavy atom. The van der Waals surface area contributed by atoms with Gasteiger partial charge in [0.25, 0.3) is 0 Å². The van der Waals surface area contributed by atoms with Gasteiger partial charge in [0, 0.05) is 38.2 Å². The maximum Gasteiger partial charge on any atom is 0.0618 e. The molecule has 0 saturated heterocycles. The predicted octanol–water partition coefficient (Wildman–Crippen LogP) is 2.77. The summed E-state index contributed by atoms with van der Waals surface area (Å²) in [5, 5.41) is 2.96. The number of likely N-dealkylation sites (N-methyl/N-ethyl adjacent to an activating group) is 1. The Morgan fingerprint density at radius 2 is 2.00 bits per heavy atom. The van der Waals surface area contributed by atoms with Gasteiger partial charge in [-0.05, 0) is 17.7 Å². The van der Waals surface area contributed by atoms with E-state index in [4.69, 9.17) is 0 Å². The maximum atomic E-state index is 3.43. The summed E-state index contributed by atoms with van der Waals surface area (Å²) in [6.45, 7) is 0. The Labute approximate surface area is 106 Å². The van der Waals surface area contributed by atoms with Gasteiger partial charge in [-0.15, -0.1) is 0 Å². The molecule has 1 aromatic rings. The third-order valence-corrected chi connectivity index (χ3v) is 2.74. The van der Waals surface area contributed by atoms with E-state index >= 15 is 0 Å². The van der Waals surface area contributed by atoms with Gasteiger partial charge in [0.15, 0.2) is 0 Å². The molecule has 3 heteroatoms. The first-order chi connectivity index (χ1) is 7.63. The van der Waals surface area contributed by atoms with Crippen LogP contribution in [0.15, 0.2) is 46.4 Å². The Kier molecular flexibility index (Phi) is 5.17. The molecule has 0 saturated carbocycles. The average molecular weight is 281 g/mol. The fourth-order valence-corrected chi connectivity index (χ4v) is 1.55. The number of nitrogens with zero attached hydrogens (tertiary/aromatic N) is 1. The first-order valence-corrected chi connectivity index (χ1v) is 5.96. The lowest BCUT2D eigenvalue weighted by Gasteiger charge is -2.14. The molecule has 0 amide bonds. The van der Waals surface area contributed by atoms with Crippen LogP contribution in [0.25, 0.3) is 0 Å². The molecule has 0 bridgehead atoms. The minimum absolute atomic E-state index is 0.887. The summed E-state index contributed by atoms with van der Waals surface area (Å²) < 4.78 is 1.11. The van der Waals surface area contributed by atoms with Crippen molar-refractivity contribution in [2.45, 2.75) is 6.42 Å². The van der Waals surface area contributed by atoms with E-state index in [1.54, 1.807) is 0 Å². The van der Waals surface area contributed by atoms with Crippen molar-refractivity contribution in [3.63, 3.8) is 0 Å². The Balaban J connectivity index is 2.84. The number of halogens is 1. The molecule has 0 unspecified atom stereocenters. The molecule has 0 fully saturated rings. The summed E-state index contributed by atoms with van der Waals surface area (Å²) in [5.41, 5.74) is 5.66. The molecule has 0 aliphatic rings. The number of hydrogen-bond acceptors (Lipinski definition) is 2. The van der Waals surface area contributed by atoms with Crippen molar-refractivity contribution in [2.75, 3.05) is 21.1 Å². The van der Waals surface area contributed by atoms with Gasteiger partial charge in [0.1, 0.15) is 0 Å². The zero-order valence-electron chi connectivity index (χ0n) is 9.92. The zero-order chi connectivity index (χ0) is 12.0. The highest BCUT2D eigenvalue weighted by atomic mass is 79.9. The van der Waals surface area contributed by atoms with Gasteiger partial charge in [-0.2, -0.15) is 0 Å². The van der Waals surface area contributed by atoms with Crippen molar-refractivity contribution in [3.8, 4) is 0 Å². The highest BCUT2D eigenvalue weighted by molar-refractivity contribution is 9.10. The molecule has 0 spiro atoms. The smallest absolute Gasteiger partial charge is 0.0618 e. The second-order valence-corrected chi connectivity index (χ2v) is 4.64. The van der Waals surface area contributed by atoms with E-state index < -0.39 is 0 Å². The van der Waals surface area contributed by atoms with Gasteiger partial charge in [-0.1, -0.05) is 33.8 Å². The Morgan fingerprint density at radius 1 is 1.38 bits per heavy atom. The summed E-state index contributed by atoms with van der Waals surface area (Å²) in [4.78, 5) is 2.08. The molecule has 0 aliphatic heterocycles. The second-order valence-electron chi connectivity index (χ2n) is 3.72. The molecular weight excluding hydrogens is 264 g/mol. The normalized spacial score (nSPS) is 9.25. The minimum Gasteiger partial charge on any atom is -0.388 e. The molecule has 86 valence electrons. The minimum atomic E-state index is 0.887. The number of rotatable bonds is 4. The van der Waals surface area contributed by atoms with Crippen LogP contribution in [0, 0.1) is 0 Å². The highest BCUT2D eigenvalue weighted by Crippen LogP contribution is 2.14. The predicted molar refractivity (Wildman–Crippen MR) is 72.2 cm³/mol. The number of allylic oxidation sites excluding steroid dienone is 1. The quantitative estimate of drug-likeness (QED) is 0.854. The lowest BCUT2D eigenvalue weighted by atomic mass is 10.1. The molecule has 0 aliphatic carbocycles. The third-order valence-electron chi connectivity index (χ3n) is 2.21. The first-order valence-electron chi connectivity index (χ1n) is 5.16. The van der Waals surface area contributed by atoms with Crippen molar-refractivity contribution >= 4 is 15.9 Å². The summed E-state index contributed by atoms with van der Waals surface area (Å²) in [5.74, 6) is 0. The van der Waals surface area contributed by atoms with E-state index in [2.05, 4.69) is 56.1 Å². The molecule has 2 nitrogen and oxygen atoms in total. The highest BCUT2D eigenvalue weighted by Gasteiger charge is 2.01. The molecule has 0 radical (unpaired) electrons. The molecule has 0 heterocycles. The van der Waals surface area contributed by atoms with Crippen LogP contribution in [0.2, 0.25) is 0 Å². The van der Waals surface area contributed by atoms with E-state index in [1.165, 1.54) is 5.56 Å². The molecule has 1 N–H and O–H groups in total. The molecule has 1 aromatic carbocycles. The fraction of sp³-hybridized carbons (Fsp3) is 0.308. The van der Waals surface area contributed by atoms with Gasteiger partial charge in [0.05, 0.1) is 5.70 Å². The van der Waals surface area contributed by atoms with E-state index in [9.17, 15) is 0 Å². The molecular formula is C13H17BrN2. The van der Waals surface area contributed by atoms with E-state index in [0.29, 0.717) is 0 Å². The van der Waals surface area contributed by atoms with Crippen molar-refractivity contribution in [1.29, 1.82) is 0 Å². The first kappa shape index (κ1) is 12.9. The summed E-state index contributed by atoms with van der Waals surface area (Å²) in [6, 6.07) is 8.36. The zero-order valence-corrected chi connectivity index (χ0v) is 11.5. The molecule has 16 heavy (non-hydrogen) atoms. The van der Waals surface area contributed by atoms with Crippen molar-refractivity contribution < 1.29 is 0 Å². The second kappa shape index (κ2) is 6.41. The number of hydrogen-bond donors (Lipinski definition) is 1. The lowest BCUT2D eigenvalue weighted by Crippen LogP contribution is -2.12. The SMILES string of the molecule is CNC=C=C(Cc1ccc(Br)cc1)N(C)C. The van der Waals surface area contributed by atoms with Gasteiger partial charge in [-0.3, -0.25) is 0 Å². The van der Waals surface area contributed by atoms with Crippen LogP contribution in [0.5, 0.6) is 0 Å². The molecule has 0 aromatic heterocycles. The topological polar surface area (TPSA) is 15.3 Å². The third kappa shape index (κ3) is 4.13. The largest absolute Gasteiger partial charge is 0.388 e. The van der Waals surface area contributed by atoms with Gasteiger partial charge >= 0.3 is 0 Å². The van der Waals surface area contributed by atoms with Crippen molar-refractivity contribution in [3.05, 3.63) is 51.9 Å². The van der Waals surface area contributed by atoms with E-state index in [0.717, 1.165) is 16.6 Å². The molecule has 1 rings (SSSR count). The Hall–Kier alpha value is -1.18. The van der Waals surface area contributed by atoms with Gasteiger partial charge in [0.2, 0.25) is 0 Å². The summed E-state index contributed by atoms with van der Waals surface area (Å²) in [6.07, 6.45) is 2.71. The van der Waals surface area contributed by atoms with Crippen molar-refractivity contribution in [2.24, 2.45) is 0 Å². The summed E-state index contributed by atoms with van der Waals surface area (Å²) in [7, 11) is 5.94. The maximum absolute atomic E-state index is 3.43. The lowest BCUT2D eigenvalue weighted by molar-refractivity contribution is 0.499. The van der Waals surface area contributed by atoms with E-state index in [1.807, 2.05) is 27.3 Å². The average Bonchev–Trinajstić information content (AvgIpc) is 2.26. The van der Waals surface area contributed by atoms with Crippen molar-refractivity contribution in [1.82, 2.24) is 10.2 Å². The van der Waals surface area contributed by atoms with Crippen LogP contribution in [-0.4, -0.2) is 26.0 Å². The fourth-order valence-electron chi connectivity index (χ4n) is 1.29. The van der Waals surface area contributed by atoms with Crippen LogP contribution in [0.3, 0.4) is 0 Å². The van der Waals surface area contributed by atoms with Crippen LogP contribution < -0.4 is 5.32 Å². The van der Waals surface area contributed by atoms with E-state index in [-0.39, 0.29) is 0 Å². The van der Waals surface area contributed by atoms with Crippen LogP contribution in [0.1, 0.15) is 5.56 Å². The number of benzene rings is 1. The number of nitrogens with one attached hydrogen (secondary N) is 1. The van der Waals surface area contributed by atoms with Gasteiger partial charge in [-0.25, -0.2) is 0 Å². The summed E-state index contributed by atoms with van der Waals surface area (Å²) >= 11 is 3.43. The molecule has 0 atom stereocenters. The van der Waals surface area contributed by atoms with Crippen LogP contribution >= 0.6 is 15.9 Å². The van der Waals surface area contributed by atoms with Gasteiger partial charge < -0.3 is 10.2 Å². The Bertz CT molecular complexity index is 387. The van der Waals surface area contributed by atoms with Crippen LogP contribution in [0.4, 0.5) is 0 Å². The van der Waals surface area contributed by atoms with Crippen LogP contribution in [-0.2, 0) is 6.42 Å². The standard InChI is InChI=1S/C13H17BrN2/c1-15-9-8-13(16(2)3)10-11-4-6-12(14)7-5-11/h4-7,9,15H,10H2,1-3H3.